The zero-order valence-corrected chi connectivity index (χ0v) is 15.5. The van der Waals surface area contributed by atoms with Crippen molar-refractivity contribution in [3.8, 4) is 17.6 Å². The molecule has 138 valence electrons. The van der Waals surface area contributed by atoms with Crippen LogP contribution in [0.5, 0.6) is 11.5 Å². The Morgan fingerprint density at radius 3 is 2.42 bits per heavy atom. The third-order valence-corrected chi connectivity index (χ3v) is 6.48. The standard InChI is InChI=1S/C17H14ClF3NO3P/c1-3-26(23,24-2)16-9-13(6-4-11(16)10-22)25-15-7-5-12(8-14(15)18)17(19,20)21/h4-9H,3H2,1-2H3. The molecule has 0 aliphatic rings. The fraction of sp³-hybridized carbons (Fsp3) is 0.235. The maximum absolute atomic E-state index is 12.8. The van der Waals surface area contributed by atoms with Crippen molar-refractivity contribution >= 4 is 24.3 Å². The smallest absolute Gasteiger partial charge is 0.416 e. The van der Waals surface area contributed by atoms with Gasteiger partial charge in [-0.15, -0.1) is 0 Å². The molecule has 0 radical (unpaired) electrons. The summed E-state index contributed by atoms with van der Waals surface area (Å²) in [6.45, 7) is 1.66. The summed E-state index contributed by atoms with van der Waals surface area (Å²) in [5, 5.41) is 9.17. The summed E-state index contributed by atoms with van der Waals surface area (Å²) >= 11 is 5.87. The van der Waals surface area contributed by atoms with Gasteiger partial charge in [-0.1, -0.05) is 18.5 Å². The fourth-order valence-electron chi connectivity index (χ4n) is 2.24. The first-order chi connectivity index (χ1) is 12.1. The van der Waals surface area contributed by atoms with E-state index in [1.165, 1.54) is 25.3 Å². The van der Waals surface area contributed by atoms with Crippen molar-refractivity contribution in [3.63, 3.8) is 0 Å². The summed E-state index contributed by atoms with van der Waals surface area (Å²) < 4.78 is 61.5. The second-order valence-electron chi connectivity index (χ2n) is 5.21. The second kappa shape index (κ2) is 7.71. The zero-order chi connectivity index (χ0) is 19.5. The average molecular weight is 404 g/mol. The SMILES string of the molecule is CCP(=O)(OC)c1cc(Oc2ccc(C(F)(F)F)cc2Cl)ccc1C#N. The molecule has 0 saturated carbocycles. The van der Waals surface area contributed by atoms with Crippen LogP contribution in [0.1, 0.15) is 18.1 Å². The highest BCUT2D eigenvalue weighted by Gasteiger charge is 2.31. The van der Waals surface area contributed by atoms with Gasteiger partial charge in [-0.25, -0.2) is 0 Å². The van der Waals surface area contributed by atoms with Crippen LogP contribution >= 0.6 is 19.0 Å². The Bertz CT molecular complexity index is 901. The molecule has 26 heavy (non-hydrogen) atoms. The number of rotatable bonds is 5. The molecule has 2 aromatic rings. The summed E-state index contributed by atoms with van der Waals surface area (Å²) in [5.41, 5.74) is -0.729. The van der Waals surface area contributed by atoms with Crippen LogP contribution in [0.2, 0.25) is 5.02 Å². The Labute approximate surface area is 153 Å². The number of ether oxygens (including phenoxy) is 1. The average Bonchev–Trinajstić information content (AvgIpc) is 2.61. The maximum Gasteiger partial charge on any atom is 0.416 e. The Hall–Kier alpha value is -2.00. The predicted molar refractivity (Wildman–Crippen MR) is 92.5 cm³/mol. The van der Waals surface area contributed by atoms with Gasteiger partial charge in [-0.2, -0.15) is 18.4 Å². The van der Waals surface area contributed by atoms with Gasteiger partial charge in [0, 0.05) is 13.3 Å². The van der Waals surface area contributed by atoms with E-state index in [4.69, 9.17) is 20.9 Å². The van der Waals surface area contributed by atoms with Gasteiger partial charge in [0.25, 0.3) is 0 Å². The molecule has 2 rings (SSSR count). The van der Waals surface area contributed by atoms with E-state index in [1.54, 1.807) is 6.92 Å². The lowest BCUT2D eigenvalue weighted by atomic mass is 10.2. The number of nitrogens with zero attached hydrogens (tertiary/aromatic N) is 1. The largest absolute Gasteiger partial charge is 0.456 e. The molecule has 1 atom stereocenters. The molecule has 4 nitrogen and oxygen atoms in total. The molecular formula is C17H14ClF3NO3P. The minimum absolute atomic E-state index is 0.000859. The van der Waals surface area contributed by atoms with Gasteiger partial charge in [0.2, 0.25) is 7.37 Å². The summed E-state index contributed by atoms with van der Waals surface area (Å²) in [6.07, 6.45) is -4.35. The van der Waals surface area contributed by atoms with E-state index in [1.807, 2.05) is 6.07 Å². The van der Waals surface area contributed by atoms with Gasteiger partial charge in [0.05, 0.1) is 27.5 Å². The van der Waals surface area contributed by atoms with Crippen LogP contribution in [-0.4, -0.2) is 13.3 Å². The first-order valence-electron chi connectivity index (χ1n) is 7.38. The lowest BCUT2D eigenvalue weighted by molar-refractivity contribution is -0.137. The highest BCUT2D eigenvalue weighted by Crippen LogP contribution is 2.46. The van der Waals surface area contributed by atoms with E-state index in [0.29, 0.717) is 0 Å². The van der Waals surface area contributed by atoms with Gasteiger partial charge in [-0.05, 0) is 36.4 Å². The van der Waals surface area contributed by atoms with Gasteiger partial charge < -0.3 is 9.26 Å². The van der Waals surface area contributed by atoms with Crippen LogP contribution in [0.25, 0.3) is 0 Å². The molecule has 0 saturated heterocycles. The molecule has 9 heteroatoms. The molecule has 0 aliphatic carbocycles. The molecule has 1 unspecified atom stereocenters. The zero-order valence-electron chi connectivity index (χ0n) is 13.8. The van der Waals surface area contributed by atoms with E-state index in [0.717, 1.165) is 18.2 Å². The van der Waals surface area contributed by atoms with Crippen molar-refractivity contribution in [1.29, 1.82) is 5.26 Å². The lowest BCUT2D eigenvalue weighted by Crippen LogP contribution is -2.12. The van der Waals surface area contributed by atoms with Crippen LogP contribution in [0.4, 0.5) is 13.2 Å². The van der Waals surface area contributed by atoms with E-state index in [2.05, 4.69) is 0 Å². The fourth-order valence-corrected chi connectivity index (χ4v) is 4.07. The van der Waals surface area contributed by atoms with E-state index in [9.17, 15) is 23.0 Å². The van der Waals surface area contributed by atoms with E-state index >= 15 is 0 Å². The Morgan fingerprint density at radius 1 is 1.23 bits per heavy atom. The predicted octanol–water partition coefficient (Wildman–Crippen LogP) is 5.59. The first kappa shape index (κ1) is 20.3. The number of nitriles is 1. The summed E-state index contributed by atoms with van der Waals surface area (Å²) in [5.74, 6) is 0.172. The van der Waals surface area contributed by atoms with Crippen molar-refractivity contribution in [1.82, 2.24) is 0 Å². The molecule has 0 fully saturated rings. The highest BCUT2D eigenvalue weighted by atomic mass is 35.5. The summed E-state index contributed by atoms with van der Waals surface area (Å²) in [7, 11) is -1.96. The molecule has 0 bridgehead atoms. The van der Waals surface area contributed by atoms with E-state index in [-0.39, 0.29) is 33.6 Å². The molecule has 0 spiro atoms. The van der Waals surface area contributed by atoms with Crippen molar-refractivity contribution in [2.45, 2.75) is 13.1 Å². The normalized spacial score (nSPS) is 13.7. The Kier molecular flexibility index (Phi) is 6.02. The van der Waals surface area contributed by atoms with Gasteiger partial charge in [0.1, 0.15) is 11.5 Å². The number of alkyl halides is 3. The molecule has 0 heterocycles. The van der Waals surface area contributed by atoms with Crippen LogP contribution < -0.4 is 10.0 Å². The number of benzene rings is 2. The topological polar surface area (TPSA) is 59.3 Å². The van der Waals surface area contributed by atoms with Crippen LogP contribution in [0.3, 0.4) is 0 Å². The minimum atomic E-state index is -4.52. The second-order valence-corrected chi connectivity index (χ2v) is 8.44. The Morgan fingerprint density at radius 2 is 1.92 bits per heavy atom. The van der Waals surface area contributed by atoms with Crippen LogP contribution in [0, 0.1) is 11.3 Å². The molecule has 2 aromatic carbocycles. The summed E-state index contributed by atoms with van der Waals surface area (Å²) in [6, 6.07) is 8.85. The number of hydrogen-bond donors (Lipinski definition) is 0. The third kappa shape index (κ3) is 4.21. The van der Waals surface area contributed by atoms with Crippen LogP contribution in [-0.2, 0) is 15.3 Å². The lowest BCUT2D eigenvalue weighted by Gasteiger charge is -2.17. The molecule has 0 aromatic heterocycles. The van der Waals surface area contributed by atoms with Crippen molar-refractivity contribution in [2.75, 3.05) is 13.3 Å². The minimum Gasteiger partial charge on any atom is -0.456 e. The first-order valence-corrected chi connectivity index (χ1v) is 9.57. The van der Waals surface area contributed by atoms with E-state index < -0.39 is 19.1 Å². The van der Waals surface area contributed by atoms with Crippen molar-refractivity contribution < 1.29 is 27.0 Å². The van der Waals surface area contributed by atoms with Crippen LogP contribution in [0.15, 0.2) is 36.4 Å². The number of hydrogen-bond acceptors (Lipinski definition) is 4. The van der Waals surface area contributed by atoms with Crippen molar-refractivity contribution in [2.24, 2.45) is 0 Å². The summed E-state index contributed by atoms with van der Waals surface area (Å²) in [4.78, 5) is 0. The van der Waals surface area contributed by atoms with Gasteiger partial charge >= 0.3 is 6.18 Å². The molecule has 0 aliphatic heterocycles. The number of halogens is 4. The van der Waals surface area contributed by atoms with Crippen molar-refractivity contribution in [3.05, 3.63) is 52.5 Å². The molecule has 0 amide bonds. The van der Waals surface area contributed by atoms with Gasteiger partial charge in [0.15, 0.2) is 0 Å². The Balaban J connectivity index is 2.43. The third-order valence-electron chi connectivity index (χ3n) is 3.65. The monoisotopic (exact) mass is 403 g/mol. The maximum atomic E-state index is 12.8. The quantitative estimate of drug-likeness (QED) is 0.610. The highest BCUT2D eigenvalue weighted by molar-refractivity contribution is 7.67. The molecular weight excluding hydrogens is 390 g/mol. The molecule has 0 N–H and O–H groups in total. The van der Waals surface area contributed by atoms with Gasteiger partial charge in [-0.3, -0.25) is 4.57 Å².